The summed E-state index contributed by atoms with van der Waals surface area (Å²) in [4.78, 5) is 17.4. The summed E-state index contributed by atoms with van der Waals surface area (Å²) in [5.41, 5.74) is 2.59. The van der Waals surface area contributed by atoms with E-state index < -0.39 is 9.84 Å². The zero-order valence-electron chi connectivity index (χ0n) is 18.3. The molecule has 0 bridgehead atoms. The number of aromatic nitrogens is 1. The van der Waals surface area contributed by atoms with Crippen LogP contribution in [0.4, 0.5) is 0 Å². The van der Waals surface area contributed by atoms with E-state index in [0.717, 1.165) is 35.7 Å². The lowest BCUT2D eigenvalue weighted by Crippen LogP contribution is -2.40. The van der Waals surface area contributed by atoms with Crippen LogP contribution < -0.4 is 0 Å². The summed E-state index contributed by atoms with van der Waals surface area (Å²) in [5.74, 6) is 0.880. The van der Waals surface area contributed by atoms with Crippen LogP contribution in [0.1, 0.15) is 29.0 Å². The molecule has 4 rings (SSSR count). The zero-order chi connectivity index (χ0) is 22.2. The van der Waals surface area contributed by atoms with Gasteiger partial charge in [-0.2, -0.15) is 0 Å². The monoisotopic (exact) mass is 447 g/mol. The third kappa shape index (κ3) is 4.83. The summed E-state index contributed by atoms with van der Waals surface area (Å²) in [5, 5.41) is 4.00. The van der Waals surface area contributed by atoms with Gasteiger partial charge in [-0.3, -0.25) is 9.69 Å². The highest BCUT2D eigenvalue weighted by molar-refractivity contribution is 7.90. The van der Waals surface area contributed by atoms with Gasteiger partial charge < -0.3 is 14.2 Å². The van der Waals surface area contributed by atoms with E-state index in [-0.39, 0.29) is 11.3 Å². The first-order valence-electron chi connectivity index (χ1n) is 10.4. The Hall–Kier alpha value is -2.23. The van der Waals surface area contributed by atoms with Crippen LogP contribution in [0.15, 0.2) is 33.7 Å². The SMILES string of the molecule is Cc1noc(C)c1CN1C[C@]2(COCCN(Cc3ccc(S(C)(=O)=O)cc3)C2)CC1=O. The van der Waals surface area contributed by atoms with Gasteiger partial charge in [0.1, 0.15) is 5.76 Å². The van der Waals surface area contributed by atoms with Crippen LogP contribution in [0, 0.1) is 19.3 Å². The molecule has 1 amide bonds. The largest absolute Gasteiger partial charge is 0.379 e. The topological polar surface area (TPSA) is 92.9 Å². The number of benzene rings is 1. The number of hydrogen-bond acceptors (Lipinski definition) is 7. The van der Waals surface area contributed by atoms with Gasteiger partial charge >= 0.3 is 0 Å². The number of carbonyl (C=O) groups is 1. The molecule has 8 nitrogen and oxygen atoms in total. The standard InChI is InChI=1S/C22H29N3O5S/c1-16-20(17(2)30-23-16)12-25-14-22(10-21(25)26)13-24(8-9-29-15-22)11-18-4-6-19(7-5-18)31(3,27)28/h4-7H,8-15H2,1-3H3/t22-/m0/s1. The molecule has 0 N–H and O–H groups in total. The second kappa shape index (κ2) is 8.37. The van der Waals surface area contributed by atoms with Crippen LogP contribution in [0.5, 0.6) is 0 Å². The molecule has 2 fully saturated rings. The first kappa shape index (κ1) is 22.0. The lowest BCUT2D eigenvalue weighted by molar-refractivity contribution is -0.128. The van der Waals surface area contributed by atoms with E-state index in [4.69, 9.17) is 9.26 Å². The molecule has 2 saturated heterocycles. The summed E-state index contributed by atoms with van der Waals surface area (Å²) in [6.45, 7) is 8.30. The number of sulfone groups is 1. The minimum absolute atomic E-state index is 0.128. The third-order valence-electron chi connectivity index (χ3n) is 6.21. The molecule has 9 heteroatoms. The maximum absolute atomic E-state index is 12.8. The smallest absolute Gasteiger partial charge is 0.223 e. The van der Waals surface area contributed by atoms with Crippen molar-refractivity contribution in [1.29, 1.82) is 0 Å². The van der Waals surface area contributed by atoms with Crippen molar-refractivity contribution >= 4 is 15.7 Å². The normalized spacial score (nSPS) is 22.9. The fourth-order valence-corrected chi connectivity index (χ4v) is 5.19. The van der Waals surface area contributed by atoms with Gasteiger partial charge in [0, 0.05) is 49.8 Å². The number of carbonyl (C=O) groups excluding carboxylic acids is 1. The molecule has 0 aliphatic carbocycles. The lowest BCUT2D eigenvalue weighted by atomic mass is 9.87. The van der Waals surface area contributed by atoms with Crippen molar-refractivity contribution in [3.05, 3.63) is 46.8 Å². The highest BCUT2D eigenvalue weighted by atomic mass is 32.2. The molecular formula is C22H29N3O5S. The third-order valence-corrected chi connectivity index (χ3v) is 7.34. The van der Waals surface area contributed by atoms with Crippen LogP contribution in [0.2, 0.25) is 0 Å². The van der Waals surface area contributed by atoms with Crippen molar-refractivity contribution in [3.8, 4) is 0 Å². The Bertz CT molecular complexity index is 1040. The number of amides is 1. The Labute approximate surface area is 183 Å². The van der Waals surface area contributed by atoms with Crippen molar-refractivity contribution in [2.45, 2.75) is 38.3 Å². The number of rotatable bonds is 5. The second-order valence-corrected chi connectivity index (χ2v) is 10.9. The van der Waals surface area contributed by atoms with Crippen LogP contribution in [0.25, 0.3) is 0 Å². The zero-order valence-corrected chi connectivity index (χ0v) is 19.1. The summed E-state index contributed by atoms with van der Waals surface area (Å²) in [6.07, 6.45) is 1.67. The maximum atomic E-state index is 12.8. The average molecular weight is 448 g/mol. The molecule has 2 aliphatic heterocycles. The molecule has 0 saturated carbocycles. The molecule has 0 radical (unpaired) electrons. The molecule has 0 unspecified atom stereocenters. The van der Waals surface area contributed by atoms with Gasteiger partial charge in [-0.25, -0.2) is 8.42 Å². The number of aryl methyl sites for hydroxylation is 2. The molecule has 2 aromatic rings. The van der Waals surface area contributed by atoms with Crippen LogP contribution in [-0.2, 0) is 32.5 Å². The van der Waals surface area contributed by atoms with Crippen LogP contribution >= 0.6 is 0 Å². The average Bonchev–Trinajstić information content (AvgIpc) is 3.09. The van der Waals surface area contributed by atoms with Crippen molar-refractivity contribution in [2.75, 3.05) is 39.1 Å². The maximum Gasteiger partial charge on any atom is 0.223 e. The first-order chi connectivity index (χ1) is 14.7. The molecule has 1 aromatic heterocycles. The van der Waals surface area contributed by atoms with Crippen LogP contribution in [-0.4, -0.2) is 68.4 Å². The number of likely N-dealkylation sites (tertiary alicyclic amines) is 1. The highest BCUT2D eigenvalue weighted by Gasteiger charge is 2.45. The van der Waals surface area contributed by atoms with Gasteiger partial charge in [-0.1, -0.05) is 17.3 Å². The molecule has 168 valence electrons. The van der Waals surface area contributed by atoms with E-state index >= 15 is 0 Å². The fraction of sp³-hybridized carbons (Fsp3) is 0.545. The molecule has 3 heterocycles. The van der Waals surface area contributed by atoms with E-state index in [2.05, 4.69) is 10.1 Å². The summed E-state index contributed by atoms with van der Waals surface area (Å²) in [6, 6.07) is 7.02. The Morgan fingerprint density at radius 1 is 1.13 bits per heavy atom. The minimum atomic E-state index is -3.20. The molecule has 1 atom stereocenters. The van der Waals surface area contributed by atoms with Gasteiger partial charge in [-0.15, -0.1) is 0 Å². The Kier molecular flexibility index (Phi) is 5.93. The van der Waals surface area contributed by atoms with E-state index in [1.54, 1.807) is 12.1 Å². The van der Waals surface area contributed by atoms with Gasteiger partial charge in [0.15, 0.2) is 9.84 Å². The molecule has 1 spiro atoms. The predicted molar refractivity (Wildman–Crippen MR) is 114 cm³/mol. The van der Waals surface area contributed by atoms with E-state index in [0.29, 0.717) is 44.2 Å². The molecule has 31 heavy (non-hydrogen) atoms. The Morgan fingerprint density at radius 2 is 1.87 bits per heavy atom. The van der Waals surface area contributed by atoms with Gasteiger partial charge in [0.2, 0.25) is 5.91 Å². The Balaban J connectivity index is 1.46. The van der Waals surface area contributed by atoms with E-state index in [1.165, 1.54) is 6.26 Å². The minimum Gasteiger partial charge on any atom is -0.379 e. The number of hydrogen-bond donors (Lipinski definition) is 0. The fourth-order valence-electron chi connectivity index (χ4n) is 4.56. The van der Waals surface area contributed by atoms with E-state index in [1.807, 2.05) is 30.9 Å². The van der Waals surface area contributed by atoms with Crippen molar-refractivity contribution in [2.24, 2.45) is 5.41 Å². The van der Waals surface area contributed by atoms with Crippen molar-refractivity contribution in [1.82, 2.24) is 15.0 Å². The quantitative estimate of drug-likeness (QED) is 0.692. The van der Waals surface area contributed by atoms with Gasteiger partial charge in [-0.05, 0) is 31.5 Å². The highest BCUT2D eigenvalue weighted by Crippen LogP contribution is 2.36. The number of nitrogens with zero attached hydrogens (tertiary/aromatic N) is 3. The first-order valence-corrected chi connectivity index (χ1v) is 12.3. The lowest BCUT2D eigenvalue weighted by Gasteiger charge is -2.31. The second-order valence-electron chi connectivity index (χ2n) is 8.91. The van der Waals surface area contributed by atoms with Gasteiger partial charge in [0.25, 0.3) is 0 Å². The van der Waals surface area contributed by atoms with Gasteiger partial charge in [0.05, 0.1) is 30.3 Å². The summed E-state index contributed by atoms with van der Waals surface area (Å²) < 4.78 is 34.6. The predicted octanol–water partition coefficient (Wildman–Crippen LogP) is 1.95. The molecule has 2 aliphatic rings. The summed E-state index contributed by atoms with van der Waals surface area (Å²) in [7, 11) is -3.20. The Morgan fingerprint density at radius 3 is 2.52 bits per heavy atom. The van der Waals surface area contributed by atoms with Crippen molar-refractivity contribution < 1.29 is 22.5 Å². The summed E-state index contributed by atoms with van der Waals surface area (Å²) >= 11 is 0. The van der Waals surface area contributed by atoms with Crippen LogP contribution in [0.3, 0.4) is 0 Å². The number of ether oxygens (including phenoxy) is 1. The van der Waals surface area contributed by atoms with E-state index in [9.17, 15) is 13.2 Å². The molecule has 1 aromatic carbocycles. The van der Waals surface area contributed by atoms with Crippen molar-refractivity contribution in [3.63, 3.8) is 0 Å². The molecular weight excluding hydrogens is 418 g/mol.